The zero-order valence-electron chi connectivity index (χ0n) is 22.7. The topological polar surface area (TPSA) is 136 Å². The molecule has 4 N–H and O–H groups in total. The fraction of sp³-hybridized carbons (Fsp3) is 0.556. The minimum Gasteiger partial charge on any atom is -0.475 e. The molecule has 1 spiro atoms. The normalized spacial score (nSPS) is 19.3. The number of nitrogens with one attached hydrogen (secondary N) is 2. The van der Waals surface area contributed by atoms with Crippen molar-refractivity contribution in [2.75, 3.05) is 13.1 Å². The fourth-order valence-corrected chi connectivity index (χ4v) is 4.98. The van der Waals surface area contributed by atoms with Crippen LogP contribution in [0.5, 0.6) is 0 Å². The van der Waals surface area contributed by atoms with Crippen LogP contribution >= 0.6 is 0 Å². The SMILES string of the molecule is CC1(C(=O)NC2CC3(CCN(Cc4cn[nH]c4-c4ccccc4)CC3)C2)CC1.O=C(O)C(F)(F)F.O=C(O)C(F)(F)F. The molecule has 0 bridgehead atoms. The Labute approximate surface area is 237 Å². The number of aromatic nitrogens is 2. The molecule has 42 heavy (non-hydrogen) atoms. The Balaban J connectivity index is 0.000000289. The van der Waals surface area contributed by atoms with Crippen molar-refractivity contribution in [3.05, 3.63) is 42.1 Å². The Morgan fingerprint density at radius 3 is 1.90 bits per heavy atom. The van der Waals surface area contributed by atoms with Crippen LogP contribution in [0, 0.1) is 10.8 Å². The number of amides is 1. The standard InChI is InChI=1S/C23H30N4O.2C2HF3O2/c1-22(7-8-22)21(28)25-19-13-23(14-19)9-11-27(12-10-23)16-18-15-24-26-20(18)17-5-3-2-4-6-17;2*3-2(4,5)1(6)7/h2-6,15,19H,7-14,16H2,1H3,(H,24,26)(H,25,28);2*(H,6,7). The molecule has 1 amide bonds. The van der Waals surface area contributed by atoms with Crippen molar-refractivity contribution in [1.29, 1.82) is 0 Å². The molecule has 232 valence electrons. The van der Waals surface area contributed by atoms with Crippen molar-refractivity contribution in [2.45, 2.75) is 70.4 Å². The number of carboxylic acids is 2. The Morgan fingerprint density at radius 1 is 0.952 bits per heavy atom. The molecule has 9 nitrogen and oxygen atoms in total. The number of rotatable bonds is 5. The number of piperidine rings is 1. The average Bonchev–Trinajstić information content (AvgIpc) is 3.48. The zero-order chi connectivity index (χ0) is 31.3. The van der Waals surface area contributed by atoms with E-state index in [9.17, 15) is 31.1 Å². The summed E-state index contributed by atoms with van der Waals surface area (Å²) in [6.07, 6.45) is -1.24. The van der Waals surface area contributed by atoms with Crippen LogP contribution in [-0.4, -0.2) is 74.6 Å². The van der Waals surface area contributed by atoms with E-state index in [1.54, 1.807) is 0 Å². The van der Waals surface area contributed by atoms with Gasteiger partial charge >= 0.3 is 24.3 Å². The Kier molecular flexibility index (Phi) is 9.96. The van der Waals surface area contributed by atoms with Crippen molar-refractivity contribution in [2.24, 2.45) is 10.8 Å². The van der Waals surface area contributed by atoms with Gasteiger partial charge < -0.3 is 15.5 Å². The summed E-state index contributed by atoms with van der Waals surface area (Å²) < 4.78 is 63.5. The van der Waals surface area contributed by atoms with Gasteiger partial charge in [0.2, 0.25) is 5.91 Å². The number of hydrogen-bond donors (Lipinski definition) is 4. The molecular weight excluding hydrogens is 574 g/mol. The molecule has 2 aromatic rings. The van der Waals surface area contributed by atoms with Crippen LogP contribution in [0.4, 0.5) is 26.3 Å². The summed E-state index contributed by atoms with van der Waals surface area (Å²) in [4.78, 5) is 32.6. The first-order valence-corrected chi connectivity index (χ1v) is 13.2. The second kappa shape index (κ2) is 12.7. The summed E-state index contributed by atoms with van der Waals surface area (Å²) >= 11 is 0. The third kappa shape index (κ3) is 8.94. The van der Waals surface area contributed by atoms with E-state index >= 15 is 0 Å². The molecule has 0 radical (unpaired) electrons. The molecule has 5 rings (SSSR count). The number of likely N-dealkylation sites (tertiary alicyclic amines) is 1. The Morgan fingerprint density at radius 2 is 1.45 bits per heavy atom. The summed E-state index contributed by atoms with van der Waals surface area (Å²) in [5.74, 6) is -5.22. The number of hydrogen-bond acceptors (Lipinski definition) is 5. The van der Waals surface area contributed by atoms with Gasteiger partial charge in [0.15, 0.2) is 0 Å². The van der Waals surface area contributed by atoms with Gasteiger partial charge in [0, 0.05) is 23.6 Å². The highest BCUT2D eigenvalue weighted by atomic mass is 19.4. The van der Waals surface area contributed by atoms with E-state index in [0.717, 1.165) is 38.2 Å². The van der Waals surface area contributed by atoms with Gasteiger partial charge in [0.05, 0.1) is 11.9 Å². The minimum atomic E-state index is -5.08. The number of alkyl halides is 6. The highest BCUT2D eigenvalue weighted by Gasteiger charge is 2.50. The summed E-state index contributed by atoms with van der Waals surface area (Å²) in [5.41, 5.74) is 4.04. The molecule has 1 saturated heterocycles. The molecule has 3 aliphatic rings. The van der Waals surface area contributed by atoms with Crippen molar-refractivity contribution in [3.8, 4) is 11.3 Å². The summed E-state index contributed by atoms with van der Waals surface area (Å²) in [5, 5.41) is 25.0. The molecule has 2 aliphatic carbocycles. The molecule has 15 heteroatoms. The van der Waals surface area contributed by atoms with E-state index < -0.39 is 24.3 Å². The van der Waals surface area contributed by atoms with Crippen LogP contribution in [0.25, 0.3) is 11.3 Å². The van der Waals surface area contributed by atoms with Crippen LogP contribution in [0.1, 0.15) is 51.0 Å². The van der Waals surface area contributed by atoms with Gasteiger partial charge in [-0.25, -0.2) is 9.59 Å². The highest BCUT2D eigenvalue weighted by molar-refractivity contribution is 5.85. The van der Waals surface area contributed by atoms with E-state index in [0.29, 0.717) is 11.5 Å². The number of halogens is 6. The van der Waals surface area contributed by atoms with Crippen LogP contribution < -0.4 is 5.32 Å². The number of carboxylic acid groups (broad SMARTS) is 2. The number of aliphatic carboxylic acids is 2. The summed E-state index contributed by atoms with van der Waals surface area (Å²) in [6, 6.07) is 10.9. The molecule has 1 aliphatic heterocycles. The second-order valence-corrected chi connectivity index (χ2v) is 11.2. The fourth-order valence-electron chi connectivity index (χ4n) is 4.98. The first-order chi connectivity index (χ1) is 19.4. The number of benzene rings is 1. The lowest BCUT2D eigenvalue weighted by Crippen LogP contribution is -2.55. The maximum absolute atomic E-state index is 12.3. The Bertz CT molecular complexity index is 1200. The van der Waals surface area contributed by atoms with Crippen molar-refractivity contribution < 1.29 is 50.9 Å². The maximum atomic E-state index is 12.3. The average molecular weight is 607 g/mol. The molecule has 0 atom stereocenters. The van der Waals surface area contributed by atoms with E-state index in [1.165, 1.54) is 36.8 Å². The third-order valence-corrected chi connectivity index (χ3v) is 7.82. The lowest BCUT2D eigenvalue weighted by molar-refractivity contribution is -0.193. The highest BCUT2D eigenvalue weighted by Crippen LogP contribution is 2.51. The van der Waals surface area contributed by atoms with E-state index in [1.807, 2.05) is 12.3 Å². The lowest BCUT2D eigenvalue weighted by Gasteiger charge is -2.52. The van der Waals surface area contributed by atoms with Gasteiger partial charge in [-0.3, -0.25) is 14.8 Å². The van der Waals surface area contributed by atoms with E-state index in [4.69, 9.17) is 19.8 Å². The van der Waals surface area contributed by atoms with Gasteiger partial charge in [0.25, 0.3) is 0 Å². The minimum absolute atomic E-state index is 0.0484. The number of carbonyl (C=O) groups is 3. The molecule has 2 heterocycles. The molecule has 3 fully saturated rings. The predicted molar refractivity (Wildman–Crippen MR) is 137 cm³/mol. The molecule has 0 unspecified atom stereocenters. The quantitative estimate of drug-likeness (QED) is 0.352. The lowest BCUT2D eigenvalue weighted by atomic mass is 9.60. The first kappa shape index (κ1) is 32.9. The summed E-state index contributed by atoms with van der Waals surface area (Å²) in [7, 11) is 0. The number of nitrogens with zero attached hydrogens (tertiary/aromatic N) is 2. The van der Waals surface area contributed by atoms with Crippen LogP contribution in [-0.2, 0) is 20.9 Å². The maximum Gasteiger partial charge on any atom is 0.490 e. The number of aromatic amines is 1. The van der Waals surface area contributed by atoms with Crippen molar-refractivity contribution >= 4 is 17.8 Å². The van der Waals surface area contributed by atoms with Crippen LogP contribution in [0.3, 0.4) is 0 Å². The summed E-state index contributed by atoms with van der Waals surface area (Å²) in [6.45, 7) is 5.32. The molecule has 1 aromatic carbocycles. The van der Waals surface area contributed by atoms with Crippen LogP contribution in [0.15, 0.2) is 36.5 Å². The van der Waals surface area contributed by atoms with Crippen LogP contribution in [0.2, 0.25) is 0 Å². The smallest absolute Gasteiger partial charge is 0.475 e. The van der Waals surface area contributed by atoms with Gasteiger partial charge in [-0.1, -0.05) is 37.3 Å². The number of carbonyl (C=O) groups excluding carboxylic acids is 1. The third-order valence-electron chi connectivity index (χ3n) is 7.82. The predicted octanol–water partition coefficient (Wildman–Crippen LogP) is 5.00. The van der Waals surface area contributed by atoms with Gasteiger partial charge in [-0.2, -0.15) is 31.4 Å². The van der Waals surface area contributed by atoms with Crippen molar-refractivity contribution in [1.82, 2.24) is 20.4 Å². The van der Waals surface area contributed by atoms with Gasteiger partial charge in [0.1, 0.15) is 0 Å². The molecule has 2 saturated carbocycles. The largest absolute Gasteiger partial charge is 0.490 e. The monoisotopic (exact) mass is 606 g/mol. The van der Waals surface area contributed by atoms with E-state index in [2.05, 4.69) is 51.6 Å². The first-order valence-electron chi connectivity index (χ1n) is 13.2. The number of H-pyrrole nitrogens is 1. The molecular formula is C27H32F6N4O5. The zero-order valence-corrected chi connectivity index (χ0v) is 22.7. The second-order valence-electron chi connectivity index (χ2n) is 11.2. The van der Waals surface area contributed by atoms with Gasteiger partial charge in [-0.15, -0.1) is 0 Å². The van der Waals surface area contributed by atoms with Gasteiger partial charge in [-0.05, 0) is 62.6 Å². The molecule has 1 aromatic heterocycles. The van der Waals surface area contributed by atoms with Crippen molar-refractivity contribution in [3.63, 3.8) is 0 Å². The van der Waals surface area contributed by atoms with E-state index in [-0.39, 0.29) is 11.3 Å². The Hall–Kier alpha value is -3.62.